The van der Waals surface area contributed by atoms with Crippen LogP contribution in [0.15, 0.2) is 161 Å². The second kappa shape index (κ2) is 44.8. The van der Waals surface area contributed by atoms with E-state index in [1.165, 1.54) is 50.4 Å². The number of aromatic carboxylic acids is 4. The van der Waals surface area contributed by atoms with Gasteiger partial charge in [0.2, 0.25) is 0 Å². The molecule has 3 aliphatic heterocycles. The predicted molar refractivity (Wildman–Crippen MR) is 427 cm³/mol. The Morgan fingerprint density at radius 3 is 1.35 bits per heavy atom. The van der Waals surface area contributed by atoms with Crippen LogP contribution in [0.25, 0.3) is 0 Å². The SMILES string of the molecule is CC(=O)SCc1cccc(C(=O)O)c1.CC(C)(C)OC(=O)CCSCc1cccc(C(=O)O)c1.CC1(C)OB(c2cc(N3CCCCC3)ccc2[N+](=O)[O-])OC1(C)C.O=C(O)c1cccc(CCl)c1.O=C(O)c1cccc(CS)c1.O=[N+]([O-])c1ccc(F)cc1Br.O=[N+]([O-])c1ccc(N2CCCCC2)cc1Br. The molecule has 3 aliphatic rings. The van der Waals surface area contributed by atoms with Gasteiger partial charge in [0, 0.05) is 91.6 Å². The van der Waals surface area contributed by atoms with Crippen LogP contribution in [0.5, 0.6) is 0 Å². The quantitative estimate of drug-likeness (QED) is 0.00955. The van der Waals surface area contributed by atoms with E-state index in [0.29, 0.717) is 50.8 Å². The zero-order valence-electron chi connectivity index (χ0n) is 60.2. The van der Waals surface area contributed by atoms with Crippen molar-refractivity contribution in [3.63, 3.8) is 0 Å². The van der Waals surface area contributed by atoms with Gasteiger partial charge in [0.25, 0.3) is 17.1 Å². The molecule has 32 heteroatoms. The fourth-order valence-corrected chi connectivity index (χ4v) is 12.7. The average Bonchev–Trinajstić information content (AvgIpc) is 1.62. The van der Waals surface area contributed by atoms with E-state index in [2.05, 4.69) is 54.3 Å². The lowest BCUT2D eigenvalue weighted by Crippen LogP contribution is -2.41. The van der Waals surface area contributed by atoms with Crippen LogP contribution in [0.1, 0.15) is 164 Å². The summed E-state index contributed by atoms with van der Waals surface area (Å²) >= 11 is 18.4. The largest absolute Gasteiger partial charge is 0.502 e. The number of nitro benzene ring substituents is 3. The summed E-state index contributed by atoms with van der Waals surface area (Å²) in [4.78, 5) is 100. The van der Waals surface area contributed by atoms with Gasteiger partial charge in [-0.3, -0.25) is 39.9 Å². The molecule has 0 unspecified atom stereocenters. The Morgan fingerprint density at radius 1 is 0.570 bits per heavy atom. The van der Waals surface area contributed by atoms with E-state index in [1.807, 2.05) is 90.9 Å². The number of rotatable bonds is 19. The van der Waals surface area contributed by atoms with E-state index < -0.39 is 58.5 Å². The van der Waals surface area contributed by atoms with Gasteiger partial charge < -0.3 is 44.3 Å². The number of hydrogen-bond acceptors (Lipinski definition) is 20. The third kappa shape index (κ3) is 32.1. The first kappa shape index (κ1) is 91.0. The maximum Gasteiger partial charge on any atom is 0.502 e. The summed E-state index contributed by atoms with van der Waals surface area (Å²) in [6.07, 6.45) is 7.60. The first-order chi connectivity index (χ1) is 50.3. The number of thiol groups is 1. The molecule has 4 N–H and O–H groups in total. The molecular weight excluding hydrogens is 1600 g/mol. The number of hydrogen-bond donors (Lipinski definition) is 5. The van der Waals surface area contributed by atoms with Crippen molar-refractivity contribution >= 4 is 156 Å². The van der Waals surface area contributed by atoms with E-state index in [9.17, 15) is 63.5 Å². The Kier molecular flexibility index (Phi) is 38.1. The number of benzene rings is 7. The molecular formula is C75H86BBr2ClFN5O19S3. The Hall–Kier alpha value is -8.43. The van der Waals surface area contributed by atoms with E-state index in [1.54, 1.807) is 96.7 Å². The molecule has 574 valence electrons. The summed E-state index contributed by atoms with van der Waals surface area (Å²) < 4.78 is 30.4. The normalized spacial score (nSPS) is 13.8. The lowest BCUT2D eigenvalue weighted by atomic mass is 9.77. The number of carbonyl (C=O) groups excluding carboxylic acids is 2. The molecule has 0 amide bonds. The van der Waals surface area contributed by atoms with E-state index in [-0.39, 0.29) is 59.2 Å². The highest BCUT2D eigenvalue weighted by Gasteiger charge is 2.53. The van der Waals surface area contributed by atoms with Gasteiger partial charge in [0.05, 0.1) is 69.1 Å². The smallest absolute Gasteiger partial charge is 0.478 e. The highest BCUT2D eigenvalue weighted by Crippen LogP contribution is 2.38. The molecule has 24 nitrogen and oxygen atoms in total. The van der Waals surface area contributed by atoms with Crippen molar-refractivity contribution in [1.29, 1.82) is 0 Å². The summed E-state index contributed by atoms with van der Waals surface area (Å²) in [5.41, 5.74) is 5.81. The molecule has 3 saturated heterocycles. The fourth-order valence-electron chi connectivity index (χ4n) is 9.94. The minimum Gasteiger partial charge on any atom is -0.478 e. The Labute approximate surface area is 656 Å². The van der Waals surface area contributed by atoms with E-state index in [4.69, 9.17) is 46.1 Å². The molecule has 0 bridgehead atoms. The highest BCUT2D eigenvalue weighted by atomic mass is 79.9. The molecule has 0 spiro atoms. The third-order valence-electron chi connectivity index (χ3n) is 16.0. The van der Waals surface area contributed by atoms with Crippen molar-refractivity contribution in [2.45, 2.75) is 140 Å². The summed E-state index contributed by atoms with van der Waals surface area (Å²) in [7, 11) is -0.722. The van der Waals surface area contributed by atoms with Crippen molar-refractivity contribution in [2.24, 2.45) is 0 Å². The number of nitrogens with zero attached hydrogens (tertiary/aromatic N) is 5. The van der Waals surface area contributed by atoms with Crippen molar-refractivity contribution < 1.29 is 82.4 Å². The van der Waals surface area contributed by atoms with Gasteiger partial charge in [0.1, 0.15) is 11.4 Å². The van der Waals surface area contributed by atoms with Gasteiger partial charge in [0.15, 0.2) is 5.12 Å². The lowest BCUT2D eigenvalue weighted by Gasteiger charge is -2.32. The highest BCUT2D eigenvalue weighted by molar-refractivity contribution is 9.11. The zero-order chi connectivity index (χ0) is 79.8. The van der Waals surface area contributed by atoms with Gasteiger partial charge in [-0.2, -0.15) is 24.4 Å². The van der Waals surface area contributed by atoms with Gasteiger partial charge in [-0.05, 0) is 226 Å². The minimum absolute atomic E-state index is 0.0331. The Balaban J connectivity index is 0.000000269. The number of esters is 1. The molecule has 10 rings (SSSR count). The van der Waals surface area contributed by atoms with Crippen LogP contribution in [0.3, 0.4) is 0 Å². The van der Waals surface area contributed by atoms with Crippen LogP contribution < -0.4 is 15.3 Å². The third-order valence-corrected chi connectivity index (χ3v) is 19.9. The standard InChI is InChI=1S/C17H25BN2O4.C15H20O4S.C11H13BrN2O2.C10H10O3S.C8H7ClO2.C8H8O2S.C6H3BrFNO2/c1-16(2)17(3,4)24-18(23-16)14-12-13(8-9-15(14)20(21)22)19-10-6-5-7-11-19;1-15(2,3)19-13(16)7-8-20-10-11-5-4-6-12(9-11)14(17)18;12-10-8-9(4-5-11(10)14(15)16)13-6-2-1-3-7-13;1-7(11)14-6-8-3-2-4-9(5-8)10(12)13;9-5-6-2-1-3-7(4-6)8(10)11;9-8(10)7-3-1-2-6(4-7)5-11;7-5-3-4(8)1-2-6(5)9(10)11/h8-9,12H,5-7,10-11H2,1-4H3;4-6,9H,7-8,10H2,1-3H3,(H,17,18);4-5,8H,1-3,6-7H2;2-5H,6H2,1H3,(H,12,13);1-4H,5H2,(H,10,11);1-4,11H,5H2,(H,9,10);1-3H. The Morgan fingerprint density at radius 2 is 0.953 bits per heavy atom. The minimum atomic E-state index is -0.945. The van der Waals surface area contributed by atoms with Crippen LogP contribution in [-0.2, 0) is 46.8 Å². The van der Waals surface area contributed by atoms with E-state index >= 15 is 0 Å². The number of carbonyl (C=O) groups is 6. The Bertz CT molecular complexity index is 4130. The average molecular weight is 1680 g/mol. The number of halogens is 4. The first-order valence-electron chi connectivity index (χ1n) is 33.4. The number of anilines is 2. The summed E-state index contributed by atoms with van der Waals surface area (Å²) in [6, 6.07) is 40.5. The summed E-state index contributed by atoms with van der Waals surface area (Å²) in [6.45, 7) is 18.9. The van der Waals surface area contributed by atoms with E-state index in [0.717, 1.165) is 90.8 Å². The topological polar surface area (TPSA) is 347 Å². The van der Waals surface area contributed by atoms with Gasteiger partial charge >= 0.3 is 37.0 Å². The number of carboxylic acid groups (broad SMARTS) is 4. The first-order valence-corrected chi connectivity index (χ1v) is 38.3. The van der Waals surface area contributed by atoms with Crippen LogP contribution >= 0.6 is 79.6 Å². The van der Waals surface area contributed by atoms with Crippen molar-refractivity contribution in [3.05, 3.63) is 241 Å². The monoisotopic (exact) mass is 1680 g/mol. The summed E-state index contributed by atoms with van der Waals surface area (Å²) in [5, 5.41) is 67.1. The molecule has 3 heterocycles. The summed E-state index contributed by atoms with van der Waals surface area (Å²) in [5.74, 6) is -1.60. The molecule has 0 aromatic heterocycles. The lowest BCUT2D eigenvalue weighted by molar-refractivity contribution is -0.385. The van der Waals surface area contributed by atoms with Crippen molar-refractivity contribution in [1.82, 2.24) is 0 Å². The zero-order valence-corrected chi connectivity index (χ0v) is 66.7. The van der Waals surface area contributed by atoms with Crippen molar-refractivity contribution in [3.8, 4) is 0 Å². The van der Waals surface area contributed by atoms with Crippen molar-refractivity contribution in [2.75, 3.05) is 41.7 Å². The molecule has 107 heavy (non-hydrogen) atoms. The van der Waals surface area contributed by atoms with Gasteiger partial charge in [-0.15, -0.1) is 11.6 Å². The maximum absolute atomic E-state index is 12.4. The fraction of sp³-hybridized carbons (Fsp3) is 0.360. The predicted octanol–water partition coefficient (Wildman–Crippen LogP) is 18.2. The second-order valence-corrected chi connectivity index (χ2v) is 30.5. The van der Waals surface area contributed by atoms with Crippen LogP contribution in [-0.4, -0.2) is 126 Å². The molecule has 0 radical (unpaired) electrons. The molecule has 0 atom stereocenters. The number of thioether (sulfide) groups is 2. The number of piperidine rings is 2. The molecule has 0 aliphatic carbocycles. The van der Waals surface area contributed by atoms with Crippen LogP contribution in [0, 0.1) is 36.2 Å². The molecule has 7 aromatic rings. The second-order valence-electron chi connectivity index (χ2n) is 25.9. The van der Waals surface area contributed by atoms with Crippen LogP contribution in [0.2, 0.25) is 0 Å². The van der Waals surface area contributed by atoms with Gasteiger partial charge in [-0.1, -0.05) is 60.3 Å². The van der Waals surface area contributed by atoms with Crippen LogP contribution in [0.4, 0.5) is 32.8 Å². The van der Waals surface area contributed by atoms with Gasteiger partial charge in [-0.25, -0.2) is 23.6 Å². The number of nitro groups is 3. The molecule has 3 fully saturated rings. The molecule has 7 aromatic carbocycles. The molecule has 0 saturated carbocycles. The number of ether oxygens (including phenoxy) is 1. The number of carboxylic acids is 4. The maximum atomic E-state index is 12.4. The number of alkyl halides is 1.